The van der Waals surface area contributed by atoms with Gasteiger partial charge in [-0.05, 0) is 43.9 Å². The summed E-state index contributed by atoms with van der Waals surface area (Å²) in [5.41, 5.74) is 1.84. The third-order valence-corrected chi connectivity index (χ3v) is 5.61. The standard InChI is InChI=1S/C22H33N5O2.HI/c1-3-23-22(27-15-13-25(14-16-27)18(2)28)24-17-19-7-9-20(10-8-19)21(29)26-11-5-4-6-12-26;/h7-10H,3-6,11-17H2,1-2H3,(H,23,24);1H. The number of rotatable bonds is 4. The summed E-state index contributed by atoms with van der Waals surface area (Å²) in [7, 11) is 0. The molecule has 2 fully saturated rings. The molecule has 2 aliphatic heterocycles. The molecule has 2 heterocycles. The summed E-state index contributed by atoms with van der Waals surface area (Å²) in [5, 5.41) is 3.35. The molecule has 30 heavy (non-hydrogen) atoms. The molecule has 0 unspecified atom stereocenters. The maximum Gasteiger partial charge on any atom is 0.253 e. The molecule has 0 bridgehead atoms. The lowest BCUT2D eigenvalue weighted by atomic mass is 10.1. The van der Waals surface area contributed by atoms with Crippen LogP contribution in [-0.4, -0.2) is 78.3 Å². The number of benzene rings is 1. The van der Waals surface area contributed by atoms with Gasteiger partial charge in [-0.2, -0.15) is 0 Å². The third-order valence-electron chi connectivity index (χ3n) is 5.61. The van der Waals surface area contributed by atoms with E-state index in [1.165, 1.54) is 6.42 Å². The Morgan fingerprint density at radius 2 is 1.50 bits per heavy atom. The summed E-state index contributed by atoms with van der Waals surface area (Å²) in [5.74, 6) is 1.14. The number of piperidine rings is 1. The SMILES string of the molecule is CCNC(=NCc1ccc(C(=O)N2CCCCC2)cc1)N1CCN(C(C)=O)CC1.I. The third kappa shape index (κ3) is 6.58. The van der Waals surface area contributed by atoms with Crippen molar-refractivity contribution in [2.24, 2.45) is 4.99 Å². The number of guanidine groups is 1. The van der Waals surface area contributed by atoms with E-state index in [1.54, 1.807) is 6.92 Å². The Balaban J connectivity index is 0.00000320. The van der Waals surface area contributed by atoms with Gasteiger partial charge in [-0.25, -0.2) is 4.99 Å². The van der Waals surface area contributed by atoms with Crippen LogP contribution in [-0.2, 0) is 11.3 Å². The van der Waals surface area contributed by atoms with Gasteiger partial charge >= 0.3 is 0 Å². The molecule has 0 aliphatic carbocycles. The van der Waals surface area contributed by atoms with Crippen molar-refractivity contribution in [3.05, 3.63) is 35.4 Å². The number of aliphatic imine (C=N–C) groups is 1. The molecule has 7 nitrogen and oxygen atoms in total. The molecule has 1 N–H and O–H groups in total. The molecule has 0 atom stereocenters. The second-order valence-electron chi connectivity index (χ2n) is 7.71. The molecule has 2 saturated heterocycles. The Morgan fingerprint density at radius 1 is 0.900 bits per heavy atom. The largest absolute Gasteiger partial charge is 0.357 e. The average molecular weight is 527 g/mol. The molecule has 1 aromatic rings. The summed E-state index contributed by atoms with van der Waals surface area (Å²) >= 11 is 0. The van der Waals surface area contributed by atoms with Gasteiger partial charge in [0, 0.05) is 58.3 Å². The predicted octanol–water partition coefficient (Wildman–Crippen LogP) is 2.56. The number of hydrogen-bond donors (Lipinski definition) is 1. The van der Waals surface area contributed by atoms with Crippen molar-refractivity contribution in [1.82, 2.24) is 20.0 Å². The molecule has 2 aliphatic rings. The second kappa shape index (κ2) is 12.1. The minimum absolute atomic E-state index is 0. The van der Waals surface area contributed by atoms with E-state index in [1.807, 2.05) is 34.1 Å². The van der Waals surface area contributed by atoms with E-state index in [0.29, 0.717) is 6.54 Å². The van der Waals surface area contributed by atoms with E-state index in [2.05, 4.69) is 17.1 Å². The Kier molecular flexibility index (Phi) is 9.87. The number of carbonyl (C=O) groups excluding carboxylic acids is 2. The first-order valence-corrected chi connectivity index (χ1v) is 10.8. The summed E-state index contributed by atoms with van der Waals surface area (Å²) in [4.78, 5) is 34.9. The lowest BCUT2D eigenvalue weighted by molar-refractivity contribution is -0.130. The molecule has 166 valence electrons. The zero-order valence-corrected chi connectivity index (χ0v) is 20.4. The molecule has 2 amide bonds. The normalized spacial score (nSPS) is 17.4. The molecule has 0 radical (unpaired) electrons. The number of halogens is 1. The maximum atomic E-state index is 12.6. The Bertz CT molecular complexity index is 724. The molecule has 0 saturated carbocycles. The molecule has 0 aromatic heterocycles. The van der Waals surface area contributed by atoms with Crippen molar-refractivity contribution in [2.75, 3.05) is 45.8 Å². The molecule has 8 heteroatoms. The fraction of sp³-hybridized carbons (Fsp3) is 0.591. The van der Waals surface area contributed by atoms with Crippen LogP contribution in [0.2, 0.25) is 0 Å². The number of nitrogens with zero attached hydrogens (tertiary/aromatic N) is 4. The Hall–Kier alpha value is -1.84. The van der Waals surface area contributed by atoms with Crippen molar-refractivity contribution < 1.29 is 9.59 Å². The van der Waals surface area contributed by atoms with Crippen LogP contribution >= 0.6 is 24.0 Å². The van der Waals surface area contributed by atoms with Gasteiger partial charge in [-0.1, -0.05) is 12.1 Å². The quantitative estimate of drug-likeness (QED) is 0.372. The van der Waals surface area contributed by atoms with Gasteiger partial charge in [0.15, 0.2) is 5.96 Å². The van der Waals surface area contributed by atoms with Gasteiger partial charge in [0.1, 0.15) is 0 Å². The van der Waals surface area contributed by atoms with Crippen molar-refractivity contribution in [3.63, 3.8) is 0 Å². The number of hydrogen-bond acceptors (Lipinski definition) is 3. The van der Waals surface area contributed by atoms with E-state index >= 15 is 0 Å². The Morgan fingerprint density at radius 3 is 2.07 bits per heavy atom. The predicted molar refractivity (Wildman–Crippen MR) is 130 cm³/mol. The van der Waals surface area contributed by atoms with Gasteiger partial charge in [0.25, 0.3) is 5.91 Å². The number of piperazine rings is 1. The highest BCUT2D eigenvalue weighted by Crippen LogP contribution is 2.14. The number of nitrogens with one attached hydrogen (secondary N) is 1. The highest BCUT2D eigenvalue weighted by Gasteiger charge is 2.21. The van der Waals surface area contributed by atoms with Gasteiger partial charge < -0.3 is 20.0 Å². The van der Waals surface area contributed by atoms with Crippen molar-refractivity contribution in [2.45, 2.75) is 39.7 Å². The van der Waals surface area contributed by atoms with Gasteiger partial charge in [-0.15, -0.1) is 24.0 Å². The van der Waals surface area contributed by atoms with Crippen molar-refractivity contribution in [1.29, 1.82) is 0 Å². The fourth-order valence-electron chi connectivity index (χ4n) is 3.86. The lowest BCUT2D eigenvalue weighted by Crippen LogP contribution is -2.53. The summed E-state index contributed by atoms with van der Waals surface area (Å²) < 4.78 is 0. The summed E-state index contributed by atoms with van der Waals surface area (Å²) in [6, 6.07) is 7.83. The molecule has 3 rings (SSSR count). The Labute approximate surface area is 196 Å². The van der Waals surface area contributed by atoms with Crippen molar-refractivity contribution in [3.8, 4) is 0 Å². The average Bonchev–Trinajstić information content (AvgIpc) is 2.77. The highest BCUT2D eigenvalue weighted by molar-refractivity contribution is 14.0. The van der Waals surface area contributed by atoms with Crippen LogP contribution in [0.1, 0.15) is 49.0 Å². The van der Waals surface area contributed by atoms with Crippen LogP contribution in [0, 0.1) is 0 Å². The minimum atomic E-state index is 0. The smallest absolute Gasteiger partial charge is 0.253 e. The number of carbonyl (C=O) groups is 2. The van der Waals surface area contributed by atoms with Crippen LogP contribution in [0.3, 0.4) is 0 Å². The minimum Gasteiger partial charge on any atom is -0.357 e. The molecular weight excluding hydrogens is 493 g/mol. The van der Waals surface area contributed by atoms with Crippen LogP contribution in [0.4, 0.5) is 0 Å². The highest BCUT2D eigenvalue weighted by atomic mass is 127. The molecule has 1 aromatic carbocycles. The van der Waals surface area contributed by atoms with Crippen LogP contribution in [0.5, 0.6) is 0 Å². The first kappa shape index (κ1) is 24.4. The first-order valence-electron chi connectivity index (χ1n) is 10.8. The summed E-state index contributed by atoms with van der Waals surface area (Å²) in [6.07, 6.45) is 3.43. The monoisotopic (exact) mass is 527 g/mol. The van der Waals surface area contributed by atoms with E-state index in [0.717, 1.165) is 75.7 Å². The van der Waals surface area contributed by atoms with Gasteiger partial charge in [0.2, 0.25) is 5.91 Å². The van der Waals surface area contributed by atoms with E-state index < -0.39 is 0 Å². The number of amides is 2. The van der Waals surface area contributed by atoms with Crippen molar-refractivity contribution >= 4 is 41.8 Å². The van der Waals surface area contributed by atoms with E-state index in [-0.39, 0.29) is 35.8 Å². The second-order valence-corrected chi connectivity index (χ2v) is 7.71. The van der Waals surface area contributed by atoms with E-state index in [9.17, 15) is 9.59 Å². The zero-order valence-electron chi connectivity index (χ0n) is 18.1. The zero-order chi connectivity index (χ0) is 20.6. The lowest BCUT2D eigenvalue weighted by Gasteiger charge is -2.36. The first-order chi connectivity index (χ1) is 14.1. The number of likely N-dealkylation sites (tertiary alicyclic amines) is 1. The molecular formula is C22H34IN5O2. The maximum absolute atomic E-state index is 12.6. The van der Waals surface area contributed by atoms with E-state index in [4.69, 9.17) is 4.99 Å². The topological polar surface area (TPSA) is 68.2 Å². The van der Waals surface area contributed by atoms with Crippen LogP contribution < -0.4 is 5.32 Å². The molecule has 0 spiro atoms. The van der Waals surface area contributed by atoms with Gasteiger partial charge in [-0.3, -0.25) is 9.59 Å². The van der Waals surface area contributed by atoms with Crippen LogP contribution in [0.15, 0.2) is 29.3 Å². The van der Waals surface area contributed by atoms with Crippen LogP contribution in [0.25, 0.3) is 0 Å². The summed E-state index contributed by atoms with van der Waals surface area (Å²) in [6.45, 7) is 9.81. The van der Waals surface area contributed by atoms with Gasteiger partial charge in [0.05, 0.1) is 6.54 Å². The fourth-order valence-corrected chi connectivity index (χ4v) is 3.86.